The molecular weight excluding hydrogens is 326 g/mol. The Morgan fingerprint density at radius 2 is 2.00 bits per heavy atom. The fourth-order valence-corrected chi connectivity index (χ4v) is 3.83. The molecule has 0 aliphatic carbocycles. The summed E-state index contributed by atoms with van der Waals surface area (Å²) in [6, 6.07) is 0.305. The minimum Gasteiger partial charge on any atom is -0.334 e. The van der Waals surface area contributed by atoms with Crippen LogP contribution in [0.4, 0.5) is 0 Å². The van der Waals surface area contributed by atoms with Crippen molar-refractivity contribution < 1.29 is 4.79 Å². The zero-order valence-corrected chi connectivity index (χ0v) is 15.5. The van der Waals surface area contributed by atoms with Gasteiger partial charge in [0.2, 0.25) is 0 Å². The Kier molecular flexibility index (Phi) is 5.79. The monoisotopic (exact) mass is 353 g/mol. The number of piperidine rings is 1. The average Bonchev–Trinajstić information content (AvgIpc) is 2.93. The van der Waals surface area contributed by atoms with E-state index in [0.717, 1.165) is 64.2 Å². The molecule has 0 saturated carbocycles. The van der Waals surface area contributed by atoms with Gasteiger partial charge in [0, 0.05) is 45.3 Å². The minimum absolute atomic E-state index is 0.0209. The molecule has 1 aromatic heterocycles. The third-order valence-electron chi connectivity index (χ3n) is 5.34. The number of likely N-dealkylation sites (N-methyl/N-ethyl adjacent to an activating group) is 1. The van der Waals surface area contributed by atoms with Gasteiger partial charge in [-0.3, -0.25) is 9.89 Å². The zero-order chi connectivity index (χ0) is 17.1. The summed E-state index contributed by atoms with van der Waals surface area (Å²) in [7, 11) is 2.18. The molecule has 1 amide bonds. The first-order valence-corrected chi connectivity index (χ1v) is 9.36. The number of hydrogen-bond acceptors (Lipinski definition) is 4. The fourth-order valence-electron chi connectivity index (χ4n) is 3.66. The van der Waals surface area contributed by atoms with Crippen LogP contribution >= 0.6 is 11.6 Å². The number of halogens is 1. The maximum atomic E-state index is 12.9. The van der Waals surface area contributed by atoms with E-state index < -0.39 is 0 Å². The van der Waals surface area contributed by atoms with Gasteiger partial charge in [-0.1, -0.05) is 11.6 Å². The molecule has 0 unspecified atom stereocenters. The topological polar surface area (TPSA) is 55.5 Å². The summed E-state index contributed by atoms with van der Waals surface area (Å²) in [5, 5.41) is 7.40. The van der Waals surface area contributed by atoms with Crippen LogP contribution in [-0.2, 0) is 0 Å². The molecule has 0 aromatic carbocycles. The van der Waals surface area contributed by atoms with E-state index in [1.54, 1.807) is 0 Å². The number of carbonyl (C=O) groups excluding carboxylic acids is 1. The van der Waals surface area contributed by atoms with Crippen LogP contribution in [0.3, 0.4) is 0 Å². The van der Waals surface area contributed by atoms with Gasteiger partial charge in [0.05, 0.1) is 10.7 Å². The number of H-pyrrole nitrogens is 1. The quantitative estimate of drug-likeness (QED) is 0.899. The third kappa shape index (κ3) is 3.92. The second-order valence-electron chi connectivity index (χ2n) is 7.09. The zero-order valence-electron chi connectivity index (χ0n) is 14.7. The molecule has 2 fully saturated rings. The van der Waals surface area contributed by atoms with Gasteiger partial charge in [-0.2, -0.15) is 5.10 Å². The van der Waals surface area contributed by atoms with Crippen molar-refractivity contribution >= 4 is 17.5 Å². The maximum absolute atomic E-state index is 12.9. The molecule has 2 aliphatic rings. The Labute approximate surface area is 149 Å². The SMILES string of the molecule is Cc1[nH]nc(C(=O)N2CCCC[C@H]2CCN2CCN(C)CC2)c1Cl. The lowest BCUT2D eigenvalue weighted by molar-refractivity contribution is 0.0564. The lowest BCUT2D eigenvalue weighted by atomic mass is 9.98. The van der Waals surface area contributed by atoms with Crippen molar-refractivity contribution in [3.8, 4) is 0 Å². The third-order valence-corrected chi connectivity index (χ3v) is 5.80. The van der Waals surface area contributed by atoms with Gasteiger partial charge >= 0.3 is 0 Å². The molecule has 6 nitrogen and oxygen atoms in total. The first-order valence-electron chi connectivity index (χ1n) is 8.98. The highest BCUT2D eigenvalue weighted by Crippen LogP contribution is 2.25. The Hall–Kier alpha value is -1.11. The normalized spacial score (nSPS) is 23.6. The number of carbonyl (C=O) groups is 1. The summed E-state index contributed by atoms with van der Waals surface area (Å²) in [6.07, 6.45) is 4.39. The van der Waals surface area contributed by atoms with Crippen molar-refractivity contribution in [1.29, 1.82) is 0 Å². The first kappa shape index (κ1) is 17.7. The highest BCUT2D eigenvalue weighted by atomic mass is 35.5. The summed E-state index contributed by atoms with van der Waals surface area (Å²) in [4.78, 5) is 19.8. The van der Waals surface area contributed by atoms with Gasteiger partial charge in [0.25, 0.3) is 5.91 Å². The molecule has 1 N–H and O–H groups in total. The van der Waals surface area contributed by atoms with E-state index in [1.165, 1.54) is 6.42 Å². The Bertz CT molecular complexity index is 567. The lowest BCUT2D eigenvalue weighted by Gasteiger charge is -2.38. The van der Waals surface area contributed by atoms with Crippen LogP contribution in [0.2, 0.25) is 5.02 Å². The maximum Gasteiger partial charge on any atom is 0.276 e. The molecular formula is C17H28ClN5O. The lowest BCUT2D eigenvalue weighted by Crippen LogP contribution is -2.48. The van der Waals surface area contributed by atoms with Crippen LogP contribution in [-0.4, -0.2) is 83.2 Å². The molecule has 0 radical (unpaired) electrons. The van der Waals surface area contributed by atoms with Crippen LogP contribution < -0.4 is 0 Å². The number of likely N-dealkylation sites (tertiary alicyclic amines) is 1. The molecule has 2 aliphatic heterocycles. The van der Waals surface area contributed by atoms with Crippen molar-refractivity contribution in [1.82, 2.24) is 24.9 Å². The molecule has 3 heterocycles. The second-order valence-corrected chi connectivity index (χ2v) is 7.47. The Morgan fingerprint density at radius 3 is 2.67 bits per heavy atom. The minimum atomic E-state index is -0.0209. The second kappa shape index (κ2) is 7.85. The molecule has 1 atom stereocenters. The smallest absolute Gasteiger partial charge is 0.276 e. The number of aromatic amines is 1. The fraction of sp³-hybridized carbons (Fsp3) is 0.765. The van der Waals surface area contributed by atoms with Crippen molar-refractivity contribution in [2.45, 2.75) is 38.6 Å². The Morgan fingerprint density at radius 1 is 1.25 bits per heavy atom. The summed E-state index contributed by atoms with van der Waals surface area (Å²) in [6.45, 7) is 8.24. The van der Waals surface area contributed by atoms with Crippen LogP contribution in [0.5, 0.6) is 0 Å². The van der Waals surface area contributed by atoms with E-state index in [1.807, 2.05) is 11.8 Å². The molecule has 0 spiro atoms. The van der Waals surface area contributed by atoms with E-state index in [9.17, 15) is 4.79 Å². The van der Waals surface area contributed by atoms with Crippen LogP contribution in [0.25, 0.3) is 0 Å². The van der Waals surface area contributed by atoms with Crippen LogP contribution in [0.1, 0.15) is 41.9 Å². The van der Waals surface area contributed by atoms with Gasteiger partial charge in [-0.25, -0.2) is 0 Å². The van der Waals surface area contributed by atoms with E-state index in [-0.39, 0.29) is 5.91 Å². The summed E-state index contributed by atoms with van der Waals surface area (Å²) in [5.41, 5.74) is 1.13. The molecule has 1 aromatic rings. The number of piperazine rings is 1. The van der Waals surface area contributed by atoms with E-state index in [2.05, 4.69) is 27.0 Å². The van der Waals surface area contributed by atoms with Crippen LogP contribution in [0.15, 0.2) is 0 Å². The molecule has 2 saturated heterocycles. The van der Waals surface area contributed by atoms with Crippen molar-refractivity contribution in [3.05, 3.63) is 16.4 Å². The van der Waals surface area contributed by atoms with E-state index in [0.29, 0.717) is 16.8 Å². The number of rotatable bonds is 4. The van der Waals surface area contributed by atoms with Gasteiger partial charge in [-0.15, -0.1) is 0 Å². The highest BCUT2D eigenvalue weighted by Gasteiger charge is 2.30. The van der Waals surface area contributed by atoms with Gasteiger partial charge in [0.1, 0.15) is 0 Å². The van der Waals surface area contributed by atoms with E-state index in [4.69, 9.17) is 11.6 Å². The van der Waals surface area contributed by atoms with E-state index >= 15 is 0 Å². The van der Waals surface area contributed by atoms with Crippen LogP contribution in [0, 0.1) is 6.92 Å². The number of nitrogens with one attached hydrogen (secondary N) is 1. The number of hydrogen-bond donors (Lipinski definition) is 1. The molecule has 7 heteroatoms. The predicted molar refractivity (Wildman–Crippen MR) is 95.6 cm³/mol. The molecule has 0 bridgehead atoms. The van der Waals surface area contributed by atoms with Gasteiger partial charge in [0.15, 0.2) is 5.69 Å². The average molecular weight is 354 g/mol. The highest BCUT2D eigenvalue weighted by molar-refractivity contribution is 6.34. The Balaban J connectivity index is 1.61. The van der Waals surface area contributed by atoms with Gasteiger partial charge in [-0.05, 0) is 39.7 Å². The molecule has 3 rings (SSSR count). The molecule has 24 heavy (non-hydrogen) atoms. The summed E-state index contributed by atoms with van der Waals surface area (Å²) in [5.74, 6) is -0.0209. The largest absolute Gasteiger partial charge is 0.334 e. The van der Waals surface area contributed by atoms with Crippen molar-refractivity contribution in [2.24, 2.45) is 0 Å². The molecule has 134 valence electrons. The summed E-state index contributed by atoms with van der Waals surface area (Å²) >= 11 is 6.23. The first-order chi connectivity index (χ1) is 11.6. The number of aryl methyl sites for hydroxylation is 1. The predicted octanol–water partition coefficient (Wildman–Crippen LogP) is 2.00. The number of amides is 1. The van der Waals surface area contributed by atoms with Crippen molar-refractivity contribution in [2.75, 3.05) is 46.3 Å². The number of nitrogens with zero attached hydrogens (tertiary/aromatic N) is 4. The summed E-state index contributed by atoms with van der Waals surface area (Å²) < 4.78 is 0. The van der Waals surface area contributed by atoms with Crippen molar-refractivity contribution in [3.63, 3.8) is 0 Å². The number of aromatic nitrogens is 2. The van der Waals surface area contributed by atoms with Gasteiger partial charge < -0.3 is 14.7 Å². The standard InChI is InChI=1S/C17H28ClN5O/c1-13-15(18)16(20-19-13)17(24)23-7-4-3-5-14(23)6-8-22-11-9-21(2)10-12-22/h14H,3-12H2,1-2H3,(H,19,20)/t14-/m0/s1.